The van der Waals surface area contributed by atoms with Crippen LogP contribution in [0.4, 0.5) is 17.1 Å². The van der Waals surface area contributed by atoms with Crippen molar-refractivity contribution in [1.82, 2.24) is 10.2 Å². The maximum absolute atomic E-state index is 13.6. The lowest BCUT2D eigenvalue weighted by molar-refractivity contribution is 0.0374. The highest BCUT2D eigenvalue weighted by Crippen LogP contribution is 2.31. The molecule has 43 heavy (non-hydrogen) atoms. The Balaban J connectivity index is 1.30. The van der Waals surface area contributed by atoms with Gasteiger partial charge < -0.3 is 29.9 Å². The van der Waals surface area contributed by atoms with Gasteiger partial charge in [-0.15, -0.1) is 0 Å². The summed E-state index contributed by atoms with van der Waals surface area (Å²) in [5, 5.41) is 6.68. The summed E-state index contributed by atoms with van der Waals surface area (Å²) >= 11 is 12.1. The predicted octanol–water partition coefficient (Wildman–Crippen LogP) is 5.03. The summed E-state index contributed by atoms with van der Waals surface area (Å²) in [4.78, 5) is 33.4. The molecule has 0 spiro atoms. The Kier molecular flexibility index (Phi) is 10.6. The summed E-state index contributed by atoms with van der Waals surface area (Å²) in [6.07, 6.45) is 0.840. The van der Waals surface area contributed by atoms with Gasteiger partial charge in [-0.2, -0.15) is 0 Å². The number of morpholine rings is 1. The number of nitrogens with zero attached hydrogens (tertiary/aromatic N) is 3. The Morgan fingerprint density at radius 1 is 0.837 bits per heavy atom. The highest BCUT2D eigenvalue weighted by molar-refractivity contribution is 6.42. The Bertz CT molecular complexity index is 1420. The summed E-state index contributed by atoms with van der Waals surface area (Å²) in [6.45, 7) is 7.79. The number of carbonyl (C=O) groups is 2. The average molecular weight is 627 g/mol. The molecule has 3 aromatic rings. The molecule has 2 saturated heterocycles. The van der Waals surface area contributed by atoms with Crippen LogP contribution in [0.25, 0.3) is 0 Å². The summed E-state index contributed by atoms with van der Waals surface area (Å²) in [5.74, 6) is 0.332. The molecule has 3 aromatic carbocycles. The summed E-state index contributed by atoms with van der Waals surface area (Å²) < 4.78 is 11.0. The van der Waals surface area contributed by atoms with Crippen LogP contribution >= 0.6 is 23.2 Å². The zero-order valence-corrected chi connectivity index (χ0v) is 25.8. The minimum atomic E-state index is -0.339. The number of para-hydroxylation sites is 2. The van der Waals surface area contributed by atoms with Crippen molar-refractivity contribution < 1.29 is 19.1 Å². The fraction of sp³-hybridized carbons (Fsp3) is 0.375. The third-order valence-electron chi connectivity index (χ3n) is 7.77. The molecule has 0 atom stereocenters. The molecule has 0 aliphatic carbocycles. The number of hydrogen-bond acceptors (Lipinski definition) is 7. The van der Waals surface area contributed by atoms with E-state index in [1.807, 2.05) is 30.3 Å². The second-order valence-corrected chi connectivity index (χ2v) is 11.3. The first-order valence-electron chi connectivity index (χ1n) is 14.5. The van der Waals surface area contributed by atoms with Crippen molar-refractivity contribution in [3.63, 3.8) is 0 Å². The zero-order chi connectivity index (χ0) is 30.2. The van der Waals surface area contributed by atoms with E-state index in [0.717, 1.165) is 82.6 Å². The van der Waals surface area contributed by atoms with Crippen LogP contribution in [0.2, 0.25) is 10.0 Å². The van der Waals surface area contributed by atoms with E-state index in [1.165, 1.54) is 6.07 Å². The van der Waals surface area contributed by atoms with Crippen LogP contribution in [0.5, 0.6) is 5.75 Å². The standard InChI is InChI=1S/C32H37Cl2N5O4/c1-42-30-6-3-2-5-29(30)39-15-13-38(14-16-39)28-10-8-24(36-31(40)23-7-9-26(33)27(34)21-23)22-25(28)32(41)35-11-4-12-37-17-19-43-20-18-37/h2-3,5-10,21-22H,4,11-20H2,1H3,(H,35,41)(H,36,40). The number of hydrogen-bond donors (Lipinski definition) is 2. The molecule has 0 unspecified atom stereocenters. The number of methoxy groups -OCH3 is 1. The Labute approximate surface area is 262 Å². The largest absolute Gasteiger partial charge is 0.495 e. The highest BCUT2D eigenvalue weighted by atomic mass is 35.5. The number of halogens is 2. The predicted molar refractivity (Wildman–Crippen MR) is 172 cm³/mol. The zero-order valence-electron chi connectivity index (χ0n) is 24.3. The van der Waals surface area contributed by atoms with Crippen molar-refractivity contribution in [3.05, 3.63) is 81.8 Å². The number of nitrogens with one attached hydrogen (secondary N) is 2. The van der Waals surface area contributed by atoms with Crippen LogP contribution in [0.1, 0.15) is 27.1 Å². The summed E-state index contributed by atoms with van der Waals surface area (Å²) in [7, 11) is 1.68. The summed E-state index contributed by atoms with van der Waals surface area (Å²) in [6, 6.07) is 18.2. The van der Waals surface area contributed by atoms with Crippen LogP contribution in [-0.2, 0) is 4.74 Å². The van der Waals surface area contributed by atoms with E-state index in [9.17, 15) is 9.59 Å². The van der Waals surface area contributed by atoms with Gasteiger partial charge >= 0.3 is 0 Å². The maximum atomic E-state index is 13.6. The summed E-state index contributed by atoms with van der Waals surface area (Å²) in [5.41, 5.74) is 3.30. The lowest BCUT2D eigenvalue weighted by Gasteiger charge is -2.38. The molecule has 2 aliphatic rings. The first-order chi connectivity index (χ1) is 20.9. The minimum absolute atomic E-state index is 0.172. The Morgan fingerprint density at radius 2 is 1.56 bits per heavy atom. The third kappa shape index (κ3) is 7.92. The van der Waals surface area contributed by atoms with Gasteiger partial charge in [0.25, 0.3) is 11.8 Å². The van der Waals surface area contributed by atoms with Crippen molar-refractivity contribution in [2.24, 2.45) is 0 Å². The quantitative estimate of drug-likeness (QED) is 0.306. The molecule has 11 heteroatoms. The number of amides is 2. The molecule has 0 radical (unpaired) electrons. The smallest absolute Gasteiger partial charge is 0.255 e. The normalized spacial score (nSPS) is 15.7. The lowest BCUT2D eigenvalue weighted by Crippen LogP contribution is -2.47. The fourth-order valence-electron chi connectivity index (χ4n) is 5.42. The number of carbonyl (C=O) groups excluding carboxylic acids is 2. The van der Waals surface area contributed by atoms with E-state index in [2.05, 4.69) is 31.4 Å². The van der Waals surface area contributed by atoms with Crippen LogP contribution in [0, 0.1) is 0 Å². The SMILES string of the molecule is COc1ccccc1N1CCN(c2ccc(NC(=O)c3ccc(Cl)c(Cl)c3)cc2C(=O)NCCCN2CCOCC2)CC1. The maximum Gasteiger partial charge on any atom is 0.255 e. The monoisotopic (exact) mass is 625 g/mol. The first-order valence-corrected chi connectivity index (χ1v) is 15.3. The first kappa shape index (κ1) is 30.9. The Morgan fingerprint density at radius 3 is 2.28 bits per heavy atom. The van der Waals surface area contributed by atoms with Crippen LogP contribution in [-0.4, -0.2) is 89.4 Å². The molecular formula is C32H37Cl2N5O4. The van der Waals surface area contributed by atoms with Gasteiger partial charge in [-0.1, -0.05) is 35.3 Å². The van der Waals surface area contributed by atoms with Gasteiger partial charge in [-0.25, -0.2) is 0 Å². The van der Waals surface area contributed by atoms with Crippen molar-refractivity contribution in [1.29, 1.82) is 0 Å². The number of anilines is 3. The van der Waals surface area contributed by atoms with E-state index in [-0.39, 0.29) is 11.8 Å². The topological polar surface area (TPSA) is 86.4 Å². The molecule has 228 valence electrons. The second-order valence-electron chi connectivity index (χ2n) is 10.5. The second kappa shape index (κ2) is 14.8. The average Bonchev–Trinajstić information content (AvgIpc) is 3.04. The van der Waals surface area contributed by atoms with Gasteiger partial charge in [0.2, 0.25) is 0 Å². The molecule has 2 N–H and O–H groups in total. The van der Waals surface area contributed by atoms with Crippen LogP contribution < -0.4 is 25.2 Å². The van der Waals surface area contributed by atoms with Crippen molar-refractivity contribution >= 4 is 52.1 Å². The van der Waals surface area contributed by atoms with Crippen molar-refractivity contribution in [3.8, 4) is 5.75 Å². The van der Waals surface area contributed by atoms with Crippen molar-refractivity contribution in [2.45, 2.75) is 6.42 Å². The molecular weight excluding hydrogens is 589 g/mol. The van der Waals surface area contributed by atoms with Gasteiger partial charge in [0, 0.05) is 62.8 Å². The Hall–Kier alpha value is -3.50. The van der Waals surface area contributed by atoms with E-state index in [1.54, 1.807) is 25.3 Å². The van der Waals surface area contributed by atoms with Crippen molar-refractivity contribution in [2.75, 3.05) is 87.8 Å². The van der Waals surface area contributed by atoms with E-state index >= 15 is 0 Å². The fourth-order valence-corrected chi connectivity index (χ4v) is 5.71. The third-order valence-corrected chi connectivity index (χ3v) is 8.51. The lowest BCUT2D eigenvalue weighted by atomic mass is 10.1. The molecule has 9 nitrogen and oxygen atoms in total. The molecule has 0 bridgehead atoms. The van der Waals surface area contributed by atoms with Gasteiger partial charge in [0.05, 0.1) is 41.6 Å². The molecule has 0 saturated carbocycles. The molecule has 5 rings (SSSR count). The molecule has 2 heterocycles. The van der Waals surface area contributed by atoms with Gasteiger partial charge in [0.15, 0.2) is 0 Å². The molecule has 2 amide bonds. The molecule has 2 aliphatic heterocycles. The number of piperazine rings is 1. The number of rotatable bonds is 10. The van der Waals surface area contributed by atoms with Gasteiger partial charge in [-0.05, 0) is 61.5 Å². The van der Waals surface area contributed by atoms with E-state index in [4.69, 9.17) is 32.7 Å². The molecule has 0 aromatic heterocycles. The molecule has 2 fully saturated rings. The van der Waals surface area contributed by atoms with E-state index in [0.29, 0.717) is 33.4 Å². The number of benzene rings is 3. The highest BCUT2D eigenvalue weighted by Gasteiger charge is 2.24. The van der Waals surface area contributed by atoms with E-state index < -0.39 is 0 Å². The number of ether oxygens (including phenoxy) is 2. The van der Waals surface area contributed by atoms with Crippen LogP contribution in [0.3, 0.4) is 0 Å². The minimum Gasteiger partial charge on any atom is -0.495 e. The van der Waals surface area contributed by atoms with Gasteiger partial charge in [0.1, 0.15) is 5.75 Å². The van der Waals surface area contributed by atoms with Gasteiger partial charge in [-0.3, -0.25) is 14.5 Å². The van der Waals surface area contributed by atoms with Crippen LogP contribution in [0.15, 0.2) is 60.7 Å².